The van der Waals surface area contributed by atoms with Crippen molar-refractivity contribution in [2.45, 2.75) is 0 Å². The van der Waals surface area contributed by atoms with Crippen molar-refractivity contribution in [3.63, 3.8) is 0 Å². The second-order valence-electron chi connectivity index (χ2n) is 22.4. The molecule has 0 spiro atoms. The van der Waals surface area contributed by atoms with E-state index in [1.165, 1.54) is 0 Å². The fourth-order valence-corrected chi connectivity index (χ4v) is 12.9. The number of nitriles is 2. The Kier molecular flexibility index (Phi) is 13.1. The first-order chi connectivity index (χ1) is 44.5. The van der Waals surface area contributed by atoms with Crippen LogP contribution in [0.2, 0.25) is 0 Å². The molecule has 0 N–H and O–H groups in total. The lowest BCUT2D eigenvalue weighted by molar-refractivity contribution is 1.12. The summed E-state index contributed by atoms with van der Waals surface area (Å²) in [6.07, 6.45) is 7.49. The monoisotopic (exact) mass is 1150 g/mol. The van der Waals surface area contributed by atoms with Gasteiger partial charge in [-0.15, -0.1) is 0 Å². The number of hydrogen-bond acceptors (Lipinski definition) is 6. The van der Waals surface area contributed by atoms with Crippen LogP contribution in [-0.2, 0) is 0 Å². The molecule has 0 radical (unpaired) electrons. The van der Waals surface area contributed by atoms with Crippen LogP contribution in [0.3, 0.4) is 0 Å². The quantitative estimate of drug-likeness (QED) is 0.128. The van der Waals surface area contributed by atoms with Gasteiger partial charge in [0.1, 0.15) is 11.6 Å². The van der Waals surface area contributed by atoms with E-state index in [0.29, 0.717) is 22.5 Å². The molecule has 418 valence electrons. The summed E-state index contributed by atoms with van der Waals surface area (Å²) in [4.78, 5) is 19.3. The van der Waals surface area contributed by atoms with Crippen LogP contribution in [0.25, 0.3) is 156 Å². The maximum absolute atomic E-state index is 12.5. The molecule has 0 aliphatic carbocycles. The molecule has 6 aromatic heterocycles. The van der Waals surface area contributed by atoms with Crippen molar-refractivity contribution >= 4 is 43.6 Å². The van der Waals surface area contributed by atoms with E-state index in [1.54, 1.807) is 0 Å². The first-order valence-electron chi connectivity index (χ1n) is 29.8. The van der Waals surface area contributed by atoms with Gasteiger partial charge in [0.2, 0.25) is 0 Å². The molecule has 8 nitrogen and oxygen atoms in total. The Morgan fingerprint density at radius 2 is 0.589 bits per heavy atom. The van der Waals surface area contributed by atoms with Gasteiger partial charge in [-0.1, -0.05) is 188 Å². The average Bonchev–Trinajstić information content (AvgIpc) is 1.56. The van der Waals surface area contributed by atoms with Crippen LogP contribution in [0.5, 0.6) is 0 Å². The summed E-state index contributed by atoms with van der Waals surface area (Å²) in [6.45, 7) is 0. The lowest BCUT2D eigenvalue weighted by atomic mass is 9.96. The van der Waals surface area contributed by atoms with E-state index in [-0.39, 0.29) is 0 Å². The van der Waals surface area contributed by atoms with Crippen molar-refractivity contribution in [2.24, 2.45) is 0 Å². The lowest BCUT2D eigenvalue weighted by Crippen LogP contribution is -2.06. The van der Waals surface area contributed by atoms with Crippen molar-refractivity contribution < 1.29 is 0 Å². The van der Waals surface area contributed by atoms with Gasteiger partial charge in [0, 0.05) is 74.1 Å². The molecule has 10 aromatic carbocycles. The molecule has 0 bridgehead atoms. The molecule has 8 heteroatoms. The molecule has 16 aromatic rings. The molecule has 0 unspecified atom stereocenters. The molecule has 6 heterocycles. The Morgan fingerprint density at radius 1 is 0.256 bits per heavy atom. The first kappa shape index (κ1) is 52.9. The van der Waals surface area contributed by atoms with Gasteiger partial charge < -0.3 is 9.13 Å². The highest BCUT2D eigenvalue weighted by atomic mass is 15.0. The van der Waals surface area contributed by atoms with Crippen LogP contribution in [0.15, 0.2) is 304 Å². The van der Waals surface area contributed by atoms with E-state index in [2.05, 4.69) is 203 Å². The van der Waals surface area contributed by atoms with E-state index in [9.17, 15) is 10.5 Å². The maximum Gasteiger partial charge on any atom is 0.104 e. The lowest BCUT2D eigenvalue weighted by Gasteiger charge is -2.21. The smallest absolute Gasteiger partial charge is 0.104 e. The van der Waals surface area contributed by atoms with Gasteiger partial charge in [-0.05, 0) is 141 Å². The number of benzene rings is 10. The van der Waals surface area contributed by atoms with E-state index in [0.717, 1.165) is 144 Å². The fourth-order valence-electron chi connectivity index (χ4n) is 12.9. The second-order valence-corrected chi connectivity index (χ2v) is 22.4. The van der Waals surface area contributed by atoms with Crippen molar-refractivity contribution in [3.05, 3.63) is 315 Å². The molecular weight excluding hydrogens is 1100 g/mol. The number of aromatic nitrogens is 6. The average molecular weight is 1150 g/mol. The van der Waals surface area contributed by atoms with Crippen LogP contribution in [0.1, 0.15) is 11.1 Å². The third-order valence-corrected chi connectivity index (χ3v) is 17.2. The van der Waals surface area contributed by atoms with Gasteiger partial charge in [-0.3, -0.25) is 19.9 Å². The molecule has 0 fully saturated rings. The second kappa shape index (κ2) is 22.3. The standard InChI is InChI=1S/C82H50N8/c83-51-53-14-13-23-66(42-53)67-32-33-77(89-78-47-58(62-34-38-85-73(43-62)54-15-5-1-6-16-54)24-28-68(78)69-29-25-59(48-79(69)89)63-35-39-86-74(44-63)55-17-7-2-8-18-55)72(52-84)82(67)90-80-49-60(64-36-40-87-75(45-64)56-19-9-3-10-20-56)26-30-70(80)71-31-27-61(50-81(71)90)65-37-41-88-76(46-65)57-21-11-4-12-22-57/h1-50H. The minimum atomic E-state index is 0.440. The number of nitrogens with zero attached hydrogens (tertiary/aromatic N) is 8. The zero-order chi connectivity index (χ0) is 60.1. The highest BCUT2D eigenvalue weighted by Crippen LogP contribution is 2.45. The van der Waals surface area contributed by atoms with Crippen molar-refractivity contribution in [1.29, 1.82) is 10.5 Å². The largest absolute Gasteiger partial charge is 0.308 e. The topological polar surface area (TPSA) is 109 Å². The third kappa shape index (κ3) is 9.42. The Balaban J connectivity index is 0.996. The van der Waals surface area contributed by atoms with E-state index in [4.69, 9.17) is 19.9 Å². The highest BCUT2D eigenvalue weighted by Gasteiger charge is 2.26. The number of hydrogen-bond donors (Lipinski definition) is 0. The zero-order valence-corrected chi connectivity index (χ0v) is 48.4. The summed E-state index contributed by atoms with van der Waals surface area (Å²) in [5, 5.41) is 27.1. The molecular formula is C82H50N8. The van der Waals surface area contributed by atoms with Gasteiger partial charge in [-0.2, -0.15) is 10.5 Å². The van der Waals surface area contributed by atoms with Gasteiger partial charge in [-0.25, -0.2) is 0 Å². The molecule has 0 amide bonds. The Morgan fingerprint density at radius 3 is 0.933 bits per heavy atom. The minimum absolute atomic E-state index is 0.440. The van der Waals surface area contributed by atoms with Crippen LogP contribution in [0.4, 0.5) is 0 Å². The molecule has 90 heavy (non-hydrogen) atoms. The number of rotatable bonds is 11. The van der Waals surface area contributed by atoms with Gasteiger partial charge in [0.15, 0.2) is 0 Å². The summed E-state index contributed by atoms with van der Waals surface area (Å²) in [7, 11) is 0. The predicted octanol–water partition coefficient (Wildman–Crippen LogP) is 20.2. The van der Waals surface area contributed by atoms with E-state index in [1.807, 2.05) is 122 Å². The molecule has 0 aliphatic rings. The summed E-state index contributed by atoms with van der Waals surface area (Å²) in [5.74, 6) is 0. The molecule has 0 atom stereocenters. The summed E-state index contributed by atoms with van der Waals surface area (Å²) in [5.41, 5.74) is 23.1. The Labute approximate surface area is 519 Å². The molecule has 0 saturated heterocycles. The zero-order valence-electron chi connectivity index (χ0n) is 48.4. The van der Waals surface area contributed by atoms with Crippen molar-refractivity contribution in [2.75, 3.05) is 0 Å². The Bertz CT molecular complexity index is 5280. The van der Waals surface area contributed by atoms with Gasteiger partial charge in [0.25, 0.3) is 0 Å². The SMILES string of the molecule is N#Cc1cccc(-c2ccc(-n3c4cc(-c5ccnc(-c6ccccc6)c5)ccc4c4ccc(-c5ccnc(-c6ccccc6)c5)cc43)c(C#N)c2-n2c3cc(-c4ccnc(-c5ccccc5)c4)ccc3c3ccc(-c4ccnc(-c5ccccc5)c4)cc32)c1. The van der Waals surface area contributed by atoms with Gasteiger partial charge >= 0.3 is 0 Å². The highest BCUT2D eigenvalue weighted by molar-refractivity contribution is 6.14. The minimum Gasteiger partial charge on any atom is -0.308 e. The summed E-state index contributed by atoms with van der Waals surface area (Å²) >= 11 is 0. The predicted molar refractivity (Wildman–Crippen MR) is 365 cm³/mol. The maximum atomic E-state index is 12.5. The van der Waals surface area contributed by atoms with E-state index >= 15 is 0 Å². The van der Waals surface area contributed by atoms with Gasteiger partial charge in [0.05, 0.1) is 67.8 Å². The van der Waals surface area contributed by atoms with Crippen LogP contribution in [0, 0.1) is 22.7 Å². The fraction of sp³-hybridized carbons (Fsp3) is 0. The molecule has 16 rings (SSSR count). The van der Waals surface area contributed by atoms with Crippen molar-refractivity contribution in [3.8, 4) is 124 Å². The third-order valence-electron chi connectivity index (χ3n) is 17.2. The first-order valence-corrected chi connectivity index (χ1v) is 29.8. The number of fused-ring (bicyclic) bond motifs is 6. The normalized spacial score (nSPS) is 11.3. The molecule has 0 aliphatic heterocycles. The van der Waals surface area contributed by atoms with Crippen LogP contribution < -0.4 is 0 Å². The Hall–Kier alpha value is -12.6. The van der Waals surface area contributed by atoms with Crippen molar-refractivity contribution in [1.82, 2.24) is 29.1 Å². The molecule has 0 saturated carbocycles. The summed E-state index contributed by atoms with van der Waals surface area (Å²) in [6, 6.07) is 102. The van der Waals surface area contributed by atoms with E-state index < -0.39 is 0 Å². The van der Waals surface area contributed by atoms with Crippen LogP contribution >= 0.6 is 0 Å². The van der Waals surface area contributed by atoms with Crippen LogP contribution in [-0.4, -0.2) is 29.1 Å². The number of pyridine rings is 4. The summed E-state index contributed by atoms with van der Waals surface area (Å²) < 4.78 is 4.57.